The van der Waals surface area contributed by atoms with Crippen molar-refractivity contribution < 1.29 is 19.0 Å². The third kappa shape index (κ3) is 1.95. The maximum atomic E-state index is 11.7. The van der Waals surface area contributed by atoms with Crippen LogP contribution in [0.15, 0.2) is 0 Å². The van der Waals surface area contributed by atoms with E-state index in [1.54, 1.807) is 14.2 Å². The summed E-state index contributed by atoms with van der Waals surface area (Å²) < 4.78 is 15.7. The molecule has 1 amide bonds. The summed E-state index contributed by atoms with van der Waals surface area (Å²) in [6.45, 7) is 3.76. The molecule has 2 aliphatic rings. The summed E-state index contributed by atoms with van der Waals surface area (Å²) in [4.78, 5) is 13.6. The van der Waals surface area contributed by atoms with E-state index in [0.29, 0.717) is 19.1 Å². The van der Waals surface area contributed by atoms with Crippen molar-refractivity contribution in [2.45, 2.75) is 0 Å². The van der Waals surface area contributed by atoms with Gasteiger partial charge in [-0.05, 0) is 0 Å². The Kier molecular flexibility index (Phi) is 3.47. The monoisotopic (exact) mass is 229 g/mol. The van der Waals surface area contributed by atoms with E-state index in [1.165, 1.54) is 0 Å². The highest BCUT2D eigenvalue weighted by Crippen LogP contribution is 2.41. The molecule has 2 heterocycles. The third-order valence-corrected chi connectivity index (χ3v) is 3.57. The molecule has 2 atom stereocenters. The molecule has 2 fully saturated rings. The van der Waals surface area contributed by atoms with E-state index in [-0.39, 0.29) is 17.9 Å². The lowest BCUT2D eigenvalue weighted by atomic mass is 9.82. The van der Waals surface area contributed by atoms with Gasteiger partial charge in [0.1, 0.15) is 6.61 Å². The van der Waals surface area contributed by atoms with Crippen LogP contribution in [0.4, 0.5) is 0 Å². The summed E-state index contributed by atoms with van der Waals surface area (Å²) in [5.74, 6) is 0.473. The zero-order valence-corrected chi connectivity index (χ0v) is 9.90. The van der Waals surface area contributed by atoms with Gasteiger partial charge in [-0.1, -0.05) is 0 Å². The number of ether oxygens (including phenoxy) is 3. The van der Waals surface area contributed by atoms with Gasteiger partial charge in [0.2, 0.25) is 5.91 Å². The zero-order chi connectivity index (χ0) is 11.6. The van der Waals surface area contributed by atoms with Crippen LogP contribution < -0.4 is 0 Å². The fraction of sp³-hybridized carbons (Fsp3) is 0.909. The zero-order valence-electron chi connectivity index (χ0n) is 9.90. The van der Waals surface area contributed by atoms with E-state index in [2.05, 4.69) is 0 Å². The highest BCUT2D eigenvalue weighted by atomic mass is 16.5. The fourth-order valence-electron chi connectivity index (χ4n) is 2.73. The van der Waals surface area contributed by atoms with Gasteiger partial charge >= 0.3 is 0 Å². The number of nitrogens with zero attached hydrogens (tertiary/aromatic N) is 1. The number of methoxy groups -OCH3 is 2. The number of likely N-dealkylation sites (tertiary alicyclic amines) is 1. The molecule has 0 aromatic heterocycles. The Morgan fingerprint density at radius 3 is 3.00 bits per heavy atom. The normalized spacial score (nSPS) is 33.1. The van der Waals surface area contributed by atoms with Crippen molar-refractivity contribution in [3.05, 3.63) is 0 Å². The minimum Gasteiger partial charge on any atom is -0.384 e. The molecule has 0 radical (unpaired) electrons. The second-order valence-electron chi connectivity index (χ2n) is 4.71. The van der Waals surface area contributed by atoms with Crippen molar-refractivity contribution in [3.8, 4) is 0 Å². The summed E-state index contributed by atoms with van der Waals surface area (Å²) in [7, 11) is 3.24. The van der Waals surface area contributed by atoms with E-state index >= 15 is 0 Å². The van der Waals surface area contributed by atoms with Gasteiger partial charge < -0.3 is 19.1 Å². The SMILES string of the molecule is COCC(=O)N1C[C@@H]2COC[C@]2(COC)C1. The molecule has 2 aliphatic heterocycles. The van der Waals surface area contributed by atoms with Crippen LogP contribution in [0.2, 0.25) is 0 Å². The van der Waals surface area contributed by atoms with Gasteiger partial charge in [-0.25, -0.2) is 0 Å². The Labute approximate surface area is 95.6 Å². The molecule has 0 spiro atoms. The van der Waals surface area contributed by atoms with Crippen LogP contribution in [0.1, 0.15) is 0 Å². The minimum absolute atomic E-state index is 0.0121. The quantitative estimate of drug-likeness (QED) is 0.667. The Morgan fingerprint density at radius 2 is 2.31 bits per heavy atom. The summed E-state index contributed by atoms with van der Waals surface area (Å²) in [5.41, 5.74) is 0.0121. The van der Waals surface area contributed by atoms with Crippen molar-refractivity contribution in [1.82, 2.24) is 4.90 Å². The van der Waals surface area contributed by atoms with E-state index in [1.807, 2.05) is 4.90 Å². The first-order chi connectivity index (χ1) is 7.72. The Balaban J connectivity index is 2.01. The van der Waals surface area contributed by atoms with Gasteiger partial charge in [0.25, 0.3) is 0 Å². The summed E-state index contributed by atoms with van der Waals surface area (Å²) in [6.07, 6.45) is 0. The van der Waals surface area contributed by atoms with Crippen LogP contribution in [-0.2, 0) is 19.0 Å². The van der Waals surface area contributed by atoms with Gasteiger partial charge in [-0.2, -0.15) is 0 Å². The molecular formula is C11H19NO4. The van der Waals surface area contributed by atoms with Crippen LogP contribution >= 0.6 is 0 Å². The van der Waals surface area contributed by atoms with E-state index in [4.69, 9.17) is 14.2 Å². The predicted molar refractivity (Wildman–Crippen MR) is 57.1 cm³/mol. The second-order valence-corrected chi connectivity index (χ2v) is 4.71. The molecule has 0 aromatic carbocycles. The molecule has 0 saturated carbocycles. The van der Waals surface area contributed by atoms with Gasteiger partial charge in [0.15, 0.2) is 0 Å². The molecule has 92 valence electrons. The first-order valence-corrected chi connectivity index (χ1v) is 5.55. The summed E-state index contributed by atoms with van der Waals surface area (Å²) >= 11 is 0. The molecule has 16 heavy (non-hydrogen) atoms. The number of carbonyl (C=O) groups excluding carboxylic acids is 1. The number of hydrogen-bond donors (Lipinski definition) is 0. The van der Waals surface area contributed by atoms with E-state index in [9.17, 15) is 4.79 Å². The summed E-state index contributed by atoms with van der Waals surface area (Å²) in [5, 5.41) is 0. The number of rotatable bonds is 4. The highest BCUT2D eigenvalue weighted by molar-refractivity contribution is 5.77. The molecule has 0 bridgehead atoms. The average molecular weight is 229 g/mol. The Morgan fingerprint density at radius 1 is 1.50 bits per heavy atom. The Bertz CT molecular complexity index is 271. The molecule has 0 N–H and O–H groups in total. The third-order valence-electron chi connectivity index (χ3n) is 3.57. The first-order valence-electron chi connectivity index (χ1n) is 5.55. The predicted octanol–water partition coefficient (Wildman–Crippen LogP) is -0.246. The van der Waals surface area contributed by atoms with Crippen LogP contribution in [0, 0.1) is 11.3 Å². The molecule has 2 rings (SSSR count). The lowest BCUT2D eigenvalue weighted by Gasteiger charge is -2.25. The summed E-state index contributed by atoms with van der Waals surface area (Å²) in [6, 6.07) is 0. The molecule has 5 heteroatoms. The molecule has 0 unspecified atom stereocenters. The minimum atomic E-state index is 0.0121. The smallest absolute Gasteiger partial charge is 0.248 e. The molecule has 5 nitrogen and oxygen atoms in total. The largest absolute Gasteiger partial charge is 0.384 e. The van der Waals surface area contributed by atoms with Crippen molar-refractivity contribution in [3.63, 3.8) is 0 Å². The molecule has 0 aliphatic carbocycles. The number of carbonyl (C=O) groups is 1. The maximum Gasteiger partial charge on any atom is 0.248 e. The van der Waals surface area contributed by atoms with Crippen molar-refractivity contribution in [2.75, 3.05) is 53.7 Å². The van der Waals surface area contributed by atoms with Gasteiger partial charge in [0.05, 0.1) is 19.8 Å². The second kappa shape index (κ2) is 4.69. The lowest BCUT2D eigenvalue weighted by Crippen LogP contribution is -2.38. The lowest BCUT2D eigenvalue weighted by molar-refractivity contribution is -0.135. The van der Waals surface area contributed by atoms with Gasteiger partial charge in [-0.15, -0.1) is 0 Å². The number of fused-ring (bicyclic) bond motifs is 1. The molecular weight excluding hydrogens is 210 g/mol. The van der Waals surface area contributed by atoms with Crippen molar-refractivity contribution >= 4 is 5.91 Å². The maximum absolute atomic E-state index is 11.7. The van der Waals surface area contributed by atoms with Crippen molar-refractivity contribution in [2.24, 2.45) is 11.3 Å². The fourth-order valence-corrected chi connectivity index (χ4v) is 2.73. The van der Waals surface area contributed by atoms with Crippen molar-refractivity contribution in [1.29, 1.82) is 0 Å². The molecule has 2 saturated heterocycles. The van der Waals surface area contributed by atoms with Crippen LogP contribution in [-0.4, -0.2) is 64.5 Å². The average Bonchev–Trinajstić information content (AvgIpc) is 2.74. The standard InChI is InChI=1S/C11H19NO4/c1-14-5-10(13)12-3-9-4-16-8-11(9,6-12)7-15-2/h9H,3-8H2,1-2H3/t9-,11-/m1/s1. The number of amides is 1. The highest BCUT2D eigenvalue weighted by Gasteiger charge is 2.51. The van der Waals surface area contributed by atoms with E-state index < -0.39 is 0 Å². The first kappa shape index (κ1) is 11.8. The van der Waals surface area contributed by atoms with Crippen LogP contribution in [0.25, 0.3) is 0 Å². The van der Waals surface area contributed by atoms with Gasteiger partial charge in [0, 0.05) is 38.6 Å². The topological polar surface area (TPSA) is 48.0 Å². The van der Waals surface area contributed by atoms with Crippen LogP contribution in [0.5, 0.6) is 0 Å². The van der Waals surface area contributed by atoms with E-state index in [0.717, 1.165) is 19.7 Å². The molecule has 0 aromatic rings. The Hall–Kier alpha value is -0.650. The number of hydrogen-bond acceptors (Lipinski definition) is 4. The van der Waals surface area contributed by atoms with Gasteiger partial charge in [-0.3, -0.25) is 4.79 Å². The van der Waals surface area contributed by atoms with Crippen LogP contribution in [0.3, 0.4) is 0 Å².